The second-order valence-corrected chi connectivity index (χ2v) is 8.89. The molecule has 4 atom stereocenters. The molecule has 15 nitrogen and oxygen atoms in total. The number of hydrogen-bond donors (Lipinski definition) is 0. The summed E-state index contributed by atoms with van der Waals surface area (Å²) >= 11 is 5.95. The molecule has 0 amide bonds. The number of fused-ring (bicyclic) bond motifs is 1. The minimum Gasteiger partial charge on any atom is -0.463 e. The van der Waals surface area contributed by atoms with Crippen LogP contribution in [0, 0.1) is 33.1 Å². The number of esters is 1. The van der Waals surface area contributed by atoms with E-state index in [0.29, 0.717) is 27.2 Å². The minimum atomic E-state index is -1.43. The number of hydrogen-bond acceptors (Lipinski definition) is 13. The van der Waals surface area contributed by atoms with Crippen molar-refractivity contribution in [2.45, 2.75) is 45.2 Å². The van der Waals surface area contributed by atoms with Crippen molar-refractivity contribution in [3.63, 3.8) is 0 Å². The van der Waals surface area contributed by atoms with Crippen molar-refractivity contribution in [3.8, 4) is 17.1 Å². The molecule has 0 radical (unpaired) electrons. The number of aromatic nitrogens is 1. The molecule has 1 fully saturated rings. The number of pyridine rings is 1. The van der Waals surface area contributed by atoms with Crippen molar-refractivity contribution < 1.29 is 48.1 Å². The maximum absolute atomic E-state index is 12.5. The monoisotopic (exact) mass is 565 g/mol. The highest BCUT2D eigenvalue weighted by molar-refractivity contribution is 6.30. The van der Waals surface area contributed by atoms with Crippen LogP contribution >= 0.6 is 11.6 Å². The second-order valence-electron chi connectivity index (χ2n) is 8.45. The van der Waals surface area contributed by atoms with Gasteiger partial charge >= 0.3 is 12.1 Å². The van der Waals surface area contributed by atoms with Gasteiger partial charge in [0.05, 0.1) is 22.4 Å². The van der Waals surface area contributed by atoms with E-state index in [-0.39, 0.29) is 18.6 Å². The average Bonchev–Trinajstić information content (AvgIpc) is 3.45. The summed E-state index contributed by atoms with van der Waals surface area (Å²) in [5, 5.41) is 20.6. The largest absolute Gasteiger partial charge is 0.517 e. The van der Waals surface area contributed by atoms with Crippen LogP contribution in [0.2, 0.25) is 5.02 Å². The summed E-state index contributed by atoms with van der Waals surface area (Å²) in [4.78, 5) is 59.3. The second kappa shape index (κ2) is 11.4. The number of ether oxygens (including phenoxy) is 3. The fourth-order valence-electron chi connectivity index (χ4n) is 4.16. The normalized spacial score (nSPS) is 19.2. The Morgan fingerprint density at radius 1 is 1.05 bits per heavy atom. The highest BCUT2D eigenvalue weighted by Gasteiger charge is 2.43. The highest BCUT2D eigenvalue weighted by atomic mass is 35.5. The Morgan fingerprint density at radius 2 is 1.67 bits per heavy atom. The summed E-state index contributed by atoms with van der Waals surface area (Å²) in [6, 6.07) is 6.90. The van der Waals surface area contributed by atoms with Gasteiger partial charge in [0, 0.05) is 23.7 Å². The Hall–Kier alpha value is -4.66. The van der Waals surface area contributed by atoms with Crippen LogP contribution in [0.25, 0.3) is 22.1 Å². The third-order valence-electron chi connectivity index (χ3n) is 5.85. The summed E-state index contributed by atoms with van der Waals surface area (Å²) < 4.78 is 21.1. The Morgan fingerprint density at radius 3 is 2.26 bits per heavy atom. The van der Waals surface area contributed by atoms with Gasteiger partial charge in [0.15, 0.2) is 5.75 Å². The van der Waals surface area contributed by atoms with Crippen LogP contribution in [0.3, 0.4) is 0 Å². The number of halogens is 1. The summed E-state index contributed by atoms with van der Waals surface area (Å²) in [5.41, 5.74) is 1.07. The van der Waals surface area contributed by atoms with Crippen molar-refractivity contribution >= 4 is 34.5 Å². The summed E-state index contributed by atoms with van der Waals surface area (Å²) in [5.74, 6) is -1.43. The Kier molecular flexibility index (Phi) is 7.99. The number of furan rings is 1. The van der Waals surface area contributed by atoms with Crippen LogP contribution in [0.1, 0.15) is 25.5 Å². The standard InChI is InChI=1S/C23H20ClN3O12/c1-11-20(17-10-34-21(16(17)9-25-11)13-3-5-15(24)6-4-13)37-23(29)36-12(2)35-22(28)14-7-18(38-26(30)31)19(8-14)39-27(32)33/h3-6,9-10,12,14,18-19H,7-8H2,1-2H3/t12?,14?,18-,19+. The molecule has 3 aromatic rings. The van der Waals surface area contributed by atoms with Crippen molar-refractivity contribution in [1.29, 1.82) is 0 Å². The predicted molar refractivity (Wildman–Crippen MR) is 128 cm³/mol. The SMILES string of the molecule is Cc1ncc2c(-c3ccc(Cl)cc3)occ2c1OC(=O)OC(C)OC(=O)C1C[C@H](O[N+](=O)[O-])[C@H](O[N+](=O)[O-])C1. The van der Waals surface area contributed by atoms with Gasteiger partial charge < -0.3 is 28.3 Å². The summed E-state index contributed by atoms with van der Waals surface area (Å²) in [6.45, 7) is 2.85. The molecule has 16 heteroatoms. The summed E-state index contributed by atoms with van der Waals surface area (Å²) in [7, 11) is 0. The number of aryl methyl sites for hydroxylation is 1. The van der Waals surface area contributed by atoms with Gasteiger partial charge in [-0.2, -0.15) is 0 Å². The van der Waals surface area contributed by atoms with Crippen molar-refractivity contribution in [2.24, 2.45) is 5.92 Å². The molecule has 1 aromatic carbocycles. The van der Waals surface area contributed by atoms with Crippen LogP contribution in [0.5, 0.6) is 5.75 Å². The van der Waals surface area contributed by atoms with E-state index >= 15 is 0 Å². The zero-order valence-electron chi connectivity index (χ0n) is 20.3. The predicted octanol–water partition coefficient (Wildman–Crippen LogP) is 4.43. The molecule has 206 valence electrons. The van der Waals surface area contributed by atoms with E-state index in [0.717, 1.165) is 5.56 Å². The first kappa shape index (κ1) is 27.4. The number of benzene rings is 1. The molecule has 2 aromatic heterocycles. The summed E-state index contributed by atoms with van der Waals surface area (Å²) in [6.07, 6.45) is -2.95. The number of rotatable bonds is 9. The molecule has 1 aliphatic rings. The van der Waals surface area contributed by atoms with Gasteiger partial charge in [-0.15, -0.1) is 20.2 Å². The van der Waals surface area contributed by atoms with E-state index < -0.39 is 46.7 Å². The quantitative estimate of drug-likeness (QED) is 0.153. The van der Waals surface area contributed by atoms with Gasteiger partial charge in [-0.3, -0.25) is 9.78 Å². The van der Waals surface area contributed by atoms with Gasteiger partial charge in [-0.25, -0.2) is 4.79 Å². The lowest BCUT2D eigenvalue weighted by molar-refractivity contribution is -0.797. The van der Waals surface area contributed by atoms with Gasteiger partial charge in [0.2, 0.25) is 6.29 Å². The number of carbonyl (C=O) groups excluding carboxylic acids is 2. The fraction of sp³-hybridized carbons (Fsp3) is 0.348. The molecule has 1 saturated carbocycles. The molecule has 0 aliphatic heterocycles. The van der Waals surface area contributed by atoms with Gasteiger partial charge in [-0.05, 0) is 44.0 Å². The first-order valence-electron chi connectivity index (χ1n) is 11.4. The van der Waals surface area contributed by atoms with Crippen molar-refractivity contribution in [3.05, 3.63) is 67.7 Å². The molecular formula is C23H20ClN3O12. The third-order valence-corrected chi connectivity index (χ3v) is 6.10. The minimum absolute atomic E-state index is 0.0651. The van der Waals surface area contributed by atoms with Crippen LogP contribution in [-0.4, -0.2) is 45.8 Å². The van der Waals surface area contributed by atoms with Crippen LogP contribution in [-0.2, 0) is 23.9 Å². The first-order valence-corrected chi connectivity index (χ1v) is 11.7. The molecule has 0 N–H and O–H groups in total. The zero-order valence-corrected chi connectivity index (χ0v) is 21.1. The lowest BCUT2D eigenvalue weighted by Gasteiger charge is -2.16. The molecule has 39 heavy (non-hydrogen) atoms. The topological polar surface area (TPSA) is 193 Å². The molecule has 2 heterocycles. The van der Waals surface area contributed by atoms with Crippen molar-refractivity contribution in [1.82, 2.24) is 4.98 Å². The maximum Gasteiger partial charge on any atom is 0.517 e. The van der Waals surface area contributed by atoms with E-state index in [9.17, 15) is 29.8 Å². The van der Waals surface area contributed by atoms with E-state index in [1.807, 2.05) is 0 Å². The molecular weight excluding hydrogens is 546 g/mol. The lowest BCUT2D eigenvalue weighted by atomic mass is 10.1. The third kappa shape index (κ3) is 6.43. The van der Waals surface area contributed by atoms with Crippen LogP contribution in [0.4, 0.5) is 4.79 Å². The van der Waals surface area contributed by atoms with E-state index in [2.05, 4.69) is 14.7 Å². The van der Waals surface area contributed by atoms with Gasteiger partial charge in [0.25, 0.3) is 10.2 Å². The molecule has 0 spiro atoms. The first-order chi connectivity index (χ1) is 18.5. The van der Waals surface area contributed by atoms with E-state index in [1.54, 1.807) is 37.4 Å². The zero-order chi connectivity index (χ0) is 28.3. The van der Waals surface area contributed by atoms with Gasteiger partial charge in [-0.1, -0.05) is 11.6 Å². The maximum atomic E-state index is 12.5. The van der Waals surface area contributed by atoms with E-state index in [4.69, 9.17) is 30.2 Å². The van der Waals surface area contributed by atoms with Gasteiger partial charge in [0.1, 0.15) is 24.2 Å². The fourth-order valence-corrected chi connectivity index (χ4v) is 4.29. The van der Waals surface area contributed by atoms with E-state index in [1.165, 1.54) is 13.2 Å². The van der Waals surface area contributed by atoms with Crippen molar-refractivity contribution in [2.75, 3.05) is 0 Å². The Labute approximate surface area is 223 Å². The molecule has 0 saturated heterocycles. The van der Waals surface area contributed by atoms with Crippen LogP contribution in [0.15, 0.2) is 41.1 Å². The molecule has 0 bridgehead atoms. The highest BCUT2D eigenvalue weighted by Crippen LogP contribution is 2.37. The van der Waals surface area contributed by atoms with Crippen LogP contribution < -0.4 is 4.74 Å². The molecule has 4 rings (SSSR count). The smallest absolute Gasteiger partial charge is 0.463 e. The molecule has 2 unspecified atom stereocenters. The average molecular weight is 566 g/mol. The Balaban J connectivity index is 1.39. The number of nitrogens with zero attached hydrogens (tertiary/aromatic N) is 3. The lowest BCUT2D eigenvalue weighted by Crippen LogP contribution is -2.30. The Bertz CT molecular complexity index is 1390. The number of carbonyl (C=O) groups is 2. The molecule has 1 aliphatic carbocycles.